The van der Waals surface area contributed by atoms with Crippen molar-refractivity contribution in [2.45, 2.75) is 31.9 Å². The molecule has 2 aromatic carbocycles. The lowest BCUT2D eigenvalue weighted by molar-refractivity contribution is -0.0383. The minimum absolute atomic E-state index is 0.156. The van der Waals surface area contributed by atoms with E-state index in [0.29, 0.717) is 5.92 Å². The molecule has 24 heavy (non-hydrogen) atoms. The van der Waals surface area contributed by atoms with Gasteiger partial charge in [-0.3, -0.25) is 0 Å². The predicted molar refractivity (Wildman–Crippen MR) is 99.7 cm³/mol. The average Bonchev–Trinajstić information content (AvgIpc) is 2.61. The third kappa shape index (κ3) is 2.72. The molecular weight excluding hydrogens is 366 g/mol. The van der Waals surface area contributed by atoms with E-state index in [4.69, 9.17) is 9.47 Å². The van der Waals surface area contributed by atoms with Crippen LogP contribution in [0.4, 0.5) is 5.69 Å². The topological polar surface area (TPSA) is 30.5 Å². The second-order valence-corrected chi connectivity index (χ2v) is 7.61. The second-order valence-electron chi connectivity index (χ2n) is 6.70. The van der Waals surface area contributed by atoms with Gasteiger partial charge in [0.1, 0.15) is 5.75 Å². The molecule has 2 aliphatic rings. The first-order valence-electron chi connectivity index (χ1n) is 8.49. The van der Waals surface area contributed by atoms with Crippen molar-refractivity contribution in [3.8, 4) is 5.75 Å². The van der Waals surface area contributed by atoms with Gasteiger partial charge in [-0.15, -0.1) is 0 Å². The number of fused-ring (bicyclic) bond motifs is 3. The van der Waals surface area contributed by atoms with Gasteiger partial charge >= 0.3 is 0 Å². The van der Waals surface area contributed by atoms with Gasteiger partial charge < -0.3 is 14.8 Å². The Morgan fingerprint density at radius 2 is 2.04 bits per heavy atom. The summed E-state index contributed by atoms with van der Waals surface area (Å²) in [6, 6.07) is 13.0. The third-order valence-electron chi connectivity index (χ3n) is 5.15. The van der Waals surface area contributed by atoms with Crippen LogP contribution in [0.5, 0.6) is 5.75 Å². The Kier molecular flexibility index (Phi) is 4.27. The normalized spacial score (nSPS) is 25.4. The number of hydrogen-bond donors (Lipinski definition) is 1. The third-order valence-corrected chi connectivity index (χ3v) is 5.64. The molecular formula is C20H22BrNO2. The van der Waals surface area contributed by atoms with Gasteiger partial charge in [0.05, 0.1) is 19.3 Å². The number of nitrogens with one attached hydrogen (secondary N) is 1. The molecule has 0 aliphatic carbocycles. The summed E-state index contributed by atoms with van der Waals surface area (Å²) in [4.78, 5) is 0. The van der Waals surface area contributed by atoms with Gasteiger partial charge in [-0.2, -0.15) is 0 Å². The van der Waals surface area contributed by atoms with Gasteiger partial charge in [-0.1, -0.05) is 33.6 Å². The van der Waals surface area contributed by atoms with Crippen LogP contribution in [0.3, 0.4) is 0 Å². The van der Waals surface area contributed by atoms with Crippen LogP contribution in [0.15, 0.2) is 40.9 Å². The zero-order valence-electron chi connectivity index (χ0n) is 14.0. The Labute approximate surface area is 151 Å². The van der Waals surface area contributed by atoms with E-state index in [1.165, 1.54) is 22.4 Å². The van der Waals surface area contributed by atoms with E-state index in [-0.39, 0.29) is 12.1 Å². The first kappa shape index (κ1) is 16.0. The van der Waals surface area contributed by atoms with Crippen molar-refractivity contribution >= 4 is 21.6 Å². The number of rotatable bonds is 2. The Balaban J connectivity index is 1.82. The molecule has 0 aromatic heterocycles. The maximum Gasteiger partial charge on any atom is 0.124 e. The molecule has 0 bridgehead atoms. The molecule has 1 N–H and O–H groups in total. The Bertz CT molecular complexity index is 761. The number of halogens is 1. The molecule has 1 saturated heterocycles. The standard InChI is InChI=1S/C20H22BrNO2/c1-12-5-7-17-15(10-12)20-14(4-3-9-24-20)19(22-17)16-11-13(21)6-8-18(16)23-2/h5-8,10-11,14,19-20,22H,3-4,9H2,1-2H3. The molecule has 0 radical (unpaired) electrons. The number of hydrogen-bond acceptors (Lipinski definition) is 3. The molecule has 2 heterocycles. The fourth-order valence-electron chi connectivity index (χ4n) is 4.05. The monoisotopic (exact) mass is 387 g/mol. The van der Waals surface area contributed by atoms with Crippen LogP contribution in [-0.2, 0) is 4.74 Å². The van der Waals surface area contributed by atoms with Crippen molar-refractivity contribution in [3.63, 3.8) is 0 Å². The van der Waals surface area contributed by atoms with Crippen LogP contribution < -0.4 is 10.1 Å². The highest BCUT2D eigenvalue weighted by atomic mass is 79.9. The van der Waals surface area contributed by atoms with Crippen molar-refractivity contribution in [2.24, 2.45) is 5.92 Å². The van der Waals surface area contributed by atoms with E-state index < -0.39 is 0 Å². The van der Waals surface area contributed by atoms with Crippen molar-refractivity contribution in [1.82, 2.24) is 0 Å². The van der Waals surface area contributed by atoms with Crippen LogP contribution in [0.1, 0.15) is 41.7 Å². The number of aryl methyl sites for hydroxylation is 1. The summed E-state index contributed by atoms with van der Waals surface area (Å²) in [7, 11) is 1.74. The summed E-state index contributed by atoms with van der Waals surface area (Å²) in [6.45, 7) is 2.98. The van der Waals surface area contributed by atoms with E-state index >= 15 is 0 Å². The Hall–Kier alpha value is -1.52. The Morgan fingerprint density at radius 1 is 1.17 bits per heavy atom. The summed E-state index contributed by atoms with van der Waals surface area (Å²) in [5.74, 6) is 1.34. The molecule has 2 aromatic rings. The summed E-state index contributed by atoms with van der Waals surface area (Å²) in [5.41, 5.74) is 4.95. The molecule has 126 valence electrons. The molecule has 0 spiro atoms. The minimum Gasteiger partial charge on any atom is -0.496 e. The van der Waals surface area contributed by atoms with Gasteiger partial charge in [0.25, 0.3) is 0 Å². The number of ether oxygens (including phenoxy) is 2. The van der Waals surface area contributed by atoms with Crippen molar-refractivity contribution < 1.29 is 9.47 Å². The van der Waals surface area contributed by atoms with Crippen LogP contribution in [0.2, 0.25) is 0 Å². The van der Waals surface area contributed by atoms with E-state index in [2.05, 4.69) is 52.4 Å². The molecule has 3 nitrogen and oxygen atoms in total. The number of anilines is 1. The average molecular weight is 388 g/mol. The molecule has 0 amide bonds. The van der Waals surface area contributed by atoms with E-state index in [1.807, 2.05) is 12.1 Å². The van der Waals surface area contributed by atoms with E-state index in [0.717, 1.165) is 29.7 Å². The Morgan fingerprint density at radius 3 is 2.88 bits per heavy atom. The lowest BCUT2D eigenvalue weighted by atomic mass is 9.77. The lowest BCUT2D eigenvalue weighted by Crippen LogP contribution is -2.36. The van der Waals surface area contributed by atoms with Crippen LogP contribution in [-0.4, -0.2) is 13.7 Å². The molecule has 4 heteroatoms. The smallest absolute Gasteiger partial charge is 0.124 e. The molecule has 3 unspecified atom stereocenters. The van der Waals surface area contributed by atoms with Gasteiger partial charge in [-0.05, 0) is 44.0 Å². The van der Waals surface area contributed by atoms with Gasteiger partial charge in [0, 0.05) is 33.8 Å². The molecule has 1 fully saturated rings. The maximum absolute atomic E-state index is 6.23. The maximum atomic E-state index is 6.23. The van der Waals surface area contributed by atoms with Crippen LogP contribution in [0.25, 0.3) is 0 Å². The van der Waals surface area contributed by atoms with Gasteiger partial charge in [0.15, 0.2) is 0 Å². The first-order chi connectivity index (χ1) is 11.7. The zero-order valence-corrected chi connectivity index (χ0v) is 15.6. The minimum atomic E-state index is 0.156. The van der Waals surface area contributed by atoms with Gasteiger partial charge in [-0.25, -0.2) is 0 Å². The second kappa shape index (κ2) is 6.41. The fourth-order valence-corrected chi connectivity index (χ4v) is 4.43. The quantitative estimate of drug-likeness (QED) is 0.747. The fraction of sp³-hybridized carbons (Fsp3) is 0.400. The number of benzene rings is 2. The van der Waals surface area contributed by atoms with Crippen LogP contribution >= 0.6 is 15.9 Å². The lowest BCUT2D eigenvalue weighted by Gasteiger charge is -2.43. The van der Waals surface area contributed by atoms with E-state index in [9.17, 15) is 0 Å². The summed E-state index contributed by atoms with van der Waals surface area (Å²) in [5, 5.41) is 3.76. The first-order valence-corrected chi connectivity index (χ1v) is 9.29. The largest absolute Gasteiger partial charge is 0.496 e. The molecule has 3 atom stereocenters. The van der Waals surface area contributed by atoms with E-state index in [1.54, 1.807) is 7.11 Å². The highest BCUT2D eigenvalue weighted by Gasteiger charge is 2.40. The predicted octanol–water partition coefficient (Wildman–Crippen LogP) is 5.40. The summed E-state index contributed by atoms with van der Waals surface area (Å²) < 4.78 is 12.9. The highest BCUT2D eigenvalue weighted by Crippen LogP contribution is 2.50. The molecule has 2 aliphatic heterocycles. The van der Waals surface area contributed by atoms with Crippen molar-refractivity contribution in [2.75, 3.05) is 19.0 Å². The molecule has 4 rings (SSSR count). The summed E-state index contributed by atoms with van der Waals surface area (Å²) >= 11 is 3.61. The SMILES string of the molecule is COc1ccc(Br)cc1C1Nc2ccc(C)cc2C2OCCCC12. The molecule has 0 saturated carbocycles. The van der Waals surface area contributed by atoms with Crippen LogP contribution in [0, 0.1) is 12.8 Å². The number of methoxy groups -OCH3 is 1. The van der Waals surface area contributed by atoms with Crippen molar-refractivity contribution in [3.05, 3.63) is 57.6 Å². The highest BCUT2D eigenvalue weighted by molar-refractivity contribution is 9.10. The van der Waals surface area contributed by atoms with Gasteiger partial charge in [0.2, 0.25) is 0 Å². The zero-order chi connectivity index (χ0) is 16.7. The summed E-state index contributed by atoms with van der Waals surface area (Å²) in [6.07, 6.45) is 2.42. The van der Waals surface area contributed by atoms with Crippen molar-refractivity contribution in [1.29, 1.82) is 0 Å².